The van der Waals surface area contributed by atoms with Crippen LogP contribution in [0.3, 0.4) is 0 Å². The number of nitro groups is 1. The summed E-state index contributed by atoms with van der Waals surface area (Å²) in [5.41, 5.74) is 1.70. The second-order valence-electron chi connectivity index (χ2n) is 3.94. The maximum absolute atomic E-state index is 11.0. The summed E-state index contributed by atoms with van der Waals surface area (Å²) in [4.78, 5) is 10.7. The van der Waals surface area contributed by atoms with Crippen LogP contribution >= 0.6 is 0 Å². The van der Waals surface area contributed by atoms with E-state index in [1.165, 1.54) is 6.08 Å². The average Bonchev–Trinajstić information content (AvgIpc) is 2.45. The van der Waals surface area contributed by atoms with Crippen LogP contribution in [-0.2, 0) is 0 Å². The lowest BCUT2D eigenvalue weighted by atomic mass is 10.1. The third-order valence-corrected chi connectivity index (χ3v) is 2.61. The predicted molar refractivity (Wildman–Crippen MR) is 76.9 cm³/mol. The van der Waals surface area contributed by atoms with Crippen LogP contribution in [0.5, 0.6) is 0 Å². The van der Waals surface area contributed by atoms with Gasteiger partial charge in [-0.2, -0.15) is 0 Å². The maximum Gasteiger partial charge on any atom is 0.276 e. The summed E-state index contributed by atoms with van der Waals surface area (Å²) in [6.45, 7) is 0. The molecule has 0 unspecified atom stereocenters. The Labute approximate surface area is 111 Å². The Kier molecular flexibility index (Phi) is 4.24. The van der Waals surface area contributed by atoms with E-state index in [0.29, 0.717) is 5.56 Å². The van der Waals surface area contributed by atoms with E-state index < -0.39 is 0 Å². The highest BCUT2D eigenvalue weighted by atomic mass is 16.6. The van der Waals surface area contributed by atoms with E-state index in [2.05, 4.69) is 0 Å². The van der Waals surface area contributed by atoms with Gasteiger partial charge in [0.1, 0.15) is 0 Å². The van der Waals surface area contributed by atoms with Gasteiger partial charge in [0.2, 0.25) is 0 Å². The van der Waals surface area contributed by atoms with E-state index in [1.807, 2.05) is 42.5 Å². The molecule has 0 fully saturated rings. The maximum atomic E-state index is 11.0. The van der Waals surface area contributed by atoms with Gasteiger partial charge >= 0.3 is 0 Å². The Morgan fingerprint density at radius 3 is 2.11 bits per heavy atom. The SMILES string of the molecule is O=[N+]([O-])/C(=C\C=C\c1ccccc1)c1ccccc1. The zero-order chi connectivity index (χ0) is 13.5. The topological polar surface area (TPSA) is 43.1 Å². The van der Waals surface area contributed by atoms with Crippen molar-refractivity contribution in [2.45, 2.75) is 0 Å². The molecular formula is C16H13NO2. The van der Waals surface area contributed by atoms with Crippen LogP contribution in [-0.4, -0.2) is 4.92 Å². The van der Waals surface area contributed by atoms with Crippen molar-refractivity contribution in [3.63, 3.8) is 0 Å². The molecule has 0 aliphatic carbocycles. The fourth-order valence-corrected chi connectivity index (χ4v) is 1.69. The molecule has 0 aliphatic heterocycles. The number of nitrogens with zero attached hydrogens (tertiary/aromatic N) is 1. The number of hydrogen-bond acceptors (Lipinski definition) is 2. The second kappa shape index (κ2) is 6.31. The second-order valence-corrected chi connectivity index (χ2v) is 3.94. The molecule has 0 saturated carbocycles. The van der Waals surface area contributed by atoms with Crippen LogP contribution in [0.4, 0.5) is 0 Å². The zero-order valence-electron chi connectivity index (χ0n) is 10.3. The van der Waals surface area contributed by atoms with Crippen LogP contribution in [0.15, 0.2) is 72.8 Å². The van der Waals surface area contributed by atoms with Crippen LogP contribution < -0.4 is 0 Å². The number of hydrogen-bond donors (Lipinski definition) is 0. The molecule has 0 heterocycles. The van der Waals surface area contributed by atoms with E-state index in [9.17, 15) is 10.1 Å². The van der Waals surface area contributed by atoms with Gasteiger partial charge in [-0.05, 0) is 17.7 Å². The first-order valence-corrected chi connectivity index (χ1v) is 5.90. The summed E-state index contributed by atoms with van der Waals surface area (Å²) >= 11 is 0. The molecule has 0 saturated heterocycles. The van der Waals surface area contributed by atoms with E-state index in [-0.39, 0.29) is 10.6 Å². The molecule has 2 aromatic carbocycles. The fourth-order valence-electron chi connectivity index (χ4n) is 1.69. The van der Waals surface area contributed by atoms with Gasteiger partial charge in [-0.3, -0.25) is 10.1 Å². The van der Waals surface area contributed by atoms with Crippen molar-refractivity contribution in [3.05, 3.63) is 94.1 Å². The molecule has 0 aromatic heterocycles. The summed E-state index contributed by atoms with van der Waals surface area (Å²) in [7, 11) is 0. The molecule has 0 N–H and O–H groups in total. The smallest absolute Gasteiger partial charge is 0.258 e. The molecule has 19 heavy (non-hydrogen) atoms. The monoisotopic (exact) mass is 251 g/mol. The van der Waals surface area contributed by atoms with Crippen LogP contribution in [0, 0.1) is 10.1 Å². The van der Waals surface area contributed by atoms with Crippen molar-refractivity contribution >= 4 is 11.8 Å². The van der Waals surface area contributed by atoms with Crippen molar-refractivity contribution < 1.29 is 4.92 Å². The summed E-state index contributed by atoms with van der Waals surface area (Å²) < 4.78 is 0. The first-order valence-electron chi connectivity index (χ1n) is 5.90. The molecular weight excluding hydrogens is 238 g/mol. The third kappa shape index (κ3) is 3.64. The van der Waals surface area contributed by atoms with Gasteiger partial charge in [0, 0.05) is 6.08 Å². The number of rotatable bonds is 4. The molecule has 0 bridgehead atoms. The van der Waals surface area contributed by atoms with E-state index >= 15 is 0 Å². The van der Waals surface area contributed by atoms with Gasteiger partial charge in [0.05, 0.1) is 10.5 Å². The number of allylic oxidation sites excluding steroid dienone is 2. The van der Waals surface area contributed by atoms with Gasteiger partial charge in [0.15, 0.2) is 0 Å². The Bertz CT molecular complexity index is 601. The van der Waals surface area contributed by atoms with Crippen molar-refractivity contribution in [2.75, 3.05) is 0 Å². The fraction of sp³-hybridized carbons (Fsp3) is 0. The minimum atomic E-state index is -0.370. The number of benzene rings is 2. The van der Waals surface area contributed by atoms with Crippen LogP contribution in [0.1, 0.15) is 11.1 Å². The minimum Gasteiger partial charge on any atom is -0.258 e. The molecule has 0 amide bonds. The molecule has 0 aliphatic rings. The van der Waals surface area contributed by atoms with Crippen LogP contribution in [0.2, 0.25) is 0 Å². The summed E-state index contributed by atoms with van der Waals surface area (Å²) in [5, 5.41) is 11.0. The quantitative estimate of drug-likeness (QED) is 0.468. The van der Waals surface area contributed by atoms with E-state index in [0.717, 1.165) is 5.56 Å². The normalized spacial score (nSPS) is 11.7. The Morgan fingerprint density at radius 2 is 1.53 bits per heavy atom. The zero-order valence-corrected chi connectivity index (χ0v) is 10.3. The molecule has 0 radical (unpaired) electrons. The molecule has 2 aromatic rings. The van der Waals surface area contributed by atoms with Crippen molar-refractivity contribution in [2.24, 2.45) is 0 Å². The lowest BCUT2D eigenvalue weighted by Crippen LogP contribution is -1.96. The summed E-state index contributed by atoms with van der Waals surface area (Å²) in [5.74, 6) is 0. The standard InChI is InChI=1S/C16H13NO2/c18-17(19)16(15-11-5-2-6-12-15)13-7-10-14-8-3-1-4-9-14/h1-13H/b10-7+,16-13-. The van der Waals surface area contributed by atoms with Gasteiger partial charge in [-0.1, -0.05) is 60.7 Å². The lowest BCUT2D eigenvalue weighted by Gasteiger charge is -1.96. The average molecular weight is 251 g/mol. The summed E-state index contributed by atoms with van der Waals surface area (Å²) in [6, 6.07) is 18.5. The van der Waals surface area contributed by atoms with E-state index in [1.54, 1.807) is 30.3 Å². The van der Waals surface area contributed by atoms with Crippen LogP contribution in [0.25, 0.3) is 11.8 Å². The predicted octanol–water partition coefficient (Wildman–Crippen LogP) is 4.02. The van der Waals surface area contributed by atoms with Crippen molar-refractivity contribution in [1.82, 2.24) is 0 Å². The van der Waals surface area contributed by atoms with E-state index in [4.69, 9.17) is 0 Å². The van der Waals surface area contributed by atoms with Crippen molar-refractivity contribution in [3.8, 4) is 0 Å². The molecule has 94 valence electrons. The Morgan fingerprint density at radius 1 is 0.947 bits per heavy atom. The Balaban J connectivity index is 2.24. The minimum absolute atomic E-state index is 0.0905. The Hall–Kier alpha value is -2.68. The lowest BCUT2D eigenvalue weighted by molar-refractivity contribution is -0.375. The summed E-state index contributed by atoms with van der Waals surface area (Å²) in [6.07, 6.45) is 5.05. The highest BCUT2D eigenvalue weighted by molar-refractivity contribution is 5.62. The van der Waals surface area contributed by atoms with Crippen molar-refractivity contribution in [1.29, 1.82) is 0 Å². The third-order valence-electron chi connectivity index (χ3n) is 2.61. The molecule has 2 rings (SSSR count). The molecule has 3 nitrogen and oxygen atoms in total. The van der Waals surface area contributed by atoms with Gasteiger partial charge in [0.25, 0.3) is 5.70 Å². The highest BCUT2D eigenvalue weighted by Gasteiger charge is 2.11. The van der Waals surface area contributed by atoms with Gasteiger partial charge in [-0.15, -0.1) is 0 Å². The first kappa shape index (κ1) is 12.8. The largest absolute Gasteiger partial charge is 0.276 e. The first-order chi connectivity index (χ1) is 9.27. The van der Waals surface area contributed by atoms with Gasteiger partial charge < -0.3 is 0 Å². The van der Waals surface area contributed by atoms with Gasteiger partial charge in [-0.25, -0.2) is 0 Å². The molecule has 3 heteroatoms. The molecule has 0 spiro atoms. The highest BCUT2D eigenvalue weighted by Crippen LogP contribution is 2.15. The molecule has 0 atom stereocenters.